The van der Waals surface area contributed by atoms with Crippen molar-refractivity contribution < 1.29 is 4.74 Å². The van der Waals surface area contributed by atoms with E-state index in [1.165, 1.54) is 45.3 Å². The number of likely N-dealkylation sites (tertiary alicyclic amines) is 2. The highest BCUT2D eigenvalue weighted by molar-refractivity contribution is 5.81. The molecule has 0 bridgehead atoms. The molecule has 26 heavy (non-hydrogen) atoms. The van der Waals surface area contributed by atoms with Gasteiger partial charge in [0, 0.05) is 31.6 Å². The van der Waals surface area contributed by atoms with E-state index < -0.39 is 0 Å². The van der Waals surface area contributed by atoms with E-state index in [0.717, 1.165) is 25.0 Å². The van der Waals surface area contributed by atoms with Crippen LogP contribution in [0, 0.1) is 5.41 Å². The number of nitrogen functional groups attached to an aromatic ring is 1. The van der Waals surface area contributed by atoms with Crippen LogP contribution < -0.4 is 5.73 Å². The summed E-state index contributed by atoms with van der Waals surface area (Å²) in [6.07, 6.45) is 8.30. The lowest BCUT2D eigenvalue weighted by Crippen LogP contribution is -2.61. The Kier molecular flexibility index (Phi) is 3.88. The number of fused-ring (bicyclic) bond motifs is 1. The van der Waals surface area contributed by atoms with Gasteiger partial charge in [-0.05, 0) is 39.3 Å². The summed E-state index contributed by atoms with van der Waals surface area (Å²) < 4.78 is 8.37. The minimum atomic E-state index is -0.00659. The molecule has 2 unspecified atom stereocenters. The number of rotatable bonds is 3. The van der Waals surface area contributed by atoms with Crippen LogP contribution in [0.1, 0.15) is 31.9 Å². The minimum Gasteiger partial charge on any atom is -0.382 e. The number of hydrogen-bond donors (Lipinski definition) is 1. The maximum atomic E-state index is 6.37. The van der Waals surface area contributed by atoms with Crippen LogP contribution >= 0.6 is 0 Å². The zero-order chi connectivity index (χ0) is 17.7. The molecule has 8 heteroatoms. The van der Waals surface area contributed by atoms with Gasteiger partial charge in [0.1, 0.15) is 18.1 Å². The summed E-state index contributed by atoms with van der Waals surface area (Å²) in [6, 6.07) is 0. The Morgan fingerprint density at radius 2 is 2.12 bits per heavy atom. The first-order valence-corrected chi connectivity index (χ1v) is 9.61. The molecule has 0 amide bonds. The molecular formula is C18H27N7O. The standard InChI is InChI=1S/C18H27N7O/c1-23-8-18(9-23)5-2-6-24(10-18)7-13-3-4-14(26-13)25-12-22-15-16(19)20-11-21-17(15)25/h11-14H,2-10H2,1H3,(H2,19,20,21). The van der Waals surface area contributed by atoms with E-state index in [4.69, 9.17) is 10.5 Å². The van der Waals surface area contributed by atoms with Crippen LogP contribution in [0.3, 0.4) is 0 Å². The van der Waals surface area contributed by atoms with Gasteiger partial charge in [0.25, 0.3) is 0 Å². The summed E-state index contributed by atoms with van der Waals surface area (Å²) in [7, 11) is 2.22. The molecule has 3 aliphatic rings. The third-order valence-electron chi connectivity index (χ3n) is 6.20. The number of anilines is 1. The van der Waals surface area contributed by atoms with Gasteiger partial charge < -0.3 is 20.3 Å². The summed E-state index contributed by atoms with van der Waals surface area (Å²) in [5.41, 5.74) is 7.86. The van der Waals surface area contributed by atoms with E-state index in [1.54, 1.807) is 6.33 Å². The highest BCUT2D eigenvalue weighted by Crippen LogP contribution is 2.39. The summed E-state index contributed by atoms with van der Waals surface area (Å²) >= 11 is 0. The molecule has 2 aromatic heterocycles. The number of aromatic nitrogens is 4. The molecule has 5 heterocycles. The normalized spacial score (nSPS) is 29.4. The van der Waals surface area contributed by atoms with E-state index in [9.17, 15) is 0 Å². The maximum Gasteiger partial charge on any atom is 0.167 e. The van der Waals surface area contributed by atoms with E-state index >= 15 is 0 Å². The van der Waals surface area contributed by atoms with Gasteiger partial charge in [-0.25, -0.2) is 15.0 Å². The molecule has 8 nitrogen and oxygen atoms in total. The van der Waals surface area contributed by atoms with Gasteiger partial charge in [-0.15, -0.1) is 0 Å². The Hall–Kier alpha value is -1.77. The molecule has 0 aromatic carbocycles. The zero-order valence-corrected chi connectivity index (χ0v) is 15.3. The number of hydrogen-bond acceptors (Lipinski definition) is 7. The average molecular weight is 357 g/mol. The van der Waals surface area contributed by atoms with Gasteiger partial charge in [-0.1, -0.05) is 0 Å². The van der Waals surface area contributed by atoms with Crippen LogP contribution in [-0.4, -0.2) is 75.2 Å². The van der Waals surface area contributed by atoms with Crippen molar-refractivity contribution in [3.63, 3.8) is 0 Å². The largest absolute Gasteiger partial charge is 0.382 e. The first-order chi connectivity index (χ1) is 12.6. The predicted octanol–water partition coefficient (Wildman–Crippen LogP) is 1.11. The second-order valence-electron chi connectivity index (χ2n) is 8.38. The first kappa shape index (κ1) is 16.4. The van der Waals surface area contributed by atoms with Crippen molar-refractivity contribution >= 4 is 17.0 Å². The second-order valence-corrected chi connectivity index (χ2v) is 8.38. The Balaban J connectivity index is 1.24. The van der Waals surface area contributed by atoms with Crippen LogP contribution in [0.25, 0.3) is 11.2 Å². The molecule has 5 rings (SSSR count). The molecule has 3 fully saturated rings. The number of nitrogens with two attached hydrogens (primary N) is 1. The number of nitrogens with zero attached hydrogens (tertiary/aromatic N) is 6. The lowest BCUT2D eigenvalue weighted by Gasteiger charge is -2.54. The van der Waals surface area contributed by atoms with Crippen molar-refractivity contribution in [3.05, 3.63) is 12.7 Å². The van der Waals surface area contributed by atoms with E-state index in [2.05, 4.69) is 31.8 Å². The fourth-order valence-corrected chi connectivity index (χ4v) is 5.22. The van der Waals surface area contributed by atoms with Gasteiger partial charge >= 0.3 is 0 Å². The van der Waals surface area contributed by atoms with Crippen LogP contribution in [-0.2, 0) is 4.74 Å². The quantitative estimate of drug-likeness (QED) is 0.881. The Bertz CT molecular complexity index is 794. The summed E-state index contributed by atoms with van der Waals surface area (Å²) in [5.74, 6) is 0.423. The van der Waals surface area contributed by atoms with Gasteiger partial charge in [-0.2, -0.15) is 0 Å². The molecule has 2 aromatic rings. The molecule has 3 aliphatic heterocycles. The van der Waals surface area contributed by atoms with Crippen LogP contribution in [0.5, 0.6) is 0 Å². The minimum absolute atomic E-state index is 0.00659. The molecule has 140 valence electrons. The van der Waals surface area contributed by atoms with Crippen molar-refractivity contribution in [2.75, 3.05) is 45.5 Å². The molecule has 3 saturated heterocycles. The molecule has 2 N–H and O–H groups in total. The first-order valence-electron chi connectivity index (χ1n) is 9.61. The topological polar surface area (TPSA) is 85.3 Å². The molecule has 2 atom stereocenters. The van der Waals surface area contributed by atoms with Crippen LogP contribution in [0.4, 0.5) is 5.82 Å². The Morgan fingerprint density at radius 1 is 1.23 bits per heavy atom. The second kappa shape index (κ2) is 6.14. The molecular weight excluding hydrogens is 330 g/mol. The fraction of sp³-hybridized carbons (Fsp3) is 0.722. The zero-order valence-electron chi connectivity index (χ0n) is 15.3. The molecule has 0 aliphatic carbocycles. The lowest BCUT2D eigenvalue weighted by molar-refractivity contribution is -0.0626. The highest BCUT2D eigenvalue weighted by atomic mass is 16.5. The van der Waals surface area contributed by atoms with Gasteiger partial charge in [0.15, 0.2) is 11.5 Å². The monoisotopic (exact) mass is 357 g/mol. The van der Waals surface area contributed by atoms with Crippen molar-refractivity contribution in [2.24, 2.45) is 5.41 Å². The summed E-state index contributed by atoms with van der Waals surface area (Å²) in [4.78, 5) is 17.8. The van der Waals surface area contributed by atoms with Gasteiger partial charge in [0.2, 0.25) is 0 Å². The molecule has 0 radical (unpaired) electrons. The van der Waals surface area contributed by atoms with Crippen molar-refractivity contribution in [2.45, 2.75) is 38.0 Å². The van der Waals surface area contributed by atoms with Crippen molar-refractivity contribution in [1.82, 2.24) is 29.3 Å². The van der Waals surface area contributed by atoms with E-state index in [-0.39, 0.29) is 12.3 Å². The highest BCUT2D eigenvalue weighted by Gasteiger charge is 2.44. The van der Waals surface area contributed by atoms with Gasteiger partial charge in [0.05, 0.1) is 12.4 Å². The van der Waals surface area contributed by atoms with Crippen LogP contribution in [0.15, 0.2) is 12.7 Å². The number of ether oxygens (including phenoxy) is 1. The molecule has 1 spiro atoms. The van der Waals surface area contributed by atoms with E-state index in [0.29, 0.717) is 16.7 Å². The maximum absolute atomic E-state index is 6.37. The average Bonchev–Trinajstić information content (AvgIpc) is 3.21. The lowest BCUT2D eigenvalue weighted by atomic mass is 9.73. The number of imidazole rings is 1. The summed E-state index contributed by atoms with van der Waals surface area (Å²) in [6.45, 7) is 5.96. The van der Waals surface area contributed by atoms with Gasteiger partial charge in [-0.3, -0.25) is 4.57 Å². The summed E-state index contributed by atoms with van der Waals surface area (Å²) in [5, 5.41) is 0. The predicted molar refractivity (Wildman–Crippen MR) is 98.5 cm³/mol. The Labute approximate surface area is 153 Å². The fourth-order valence-electron chi connectivity index (χ4n) is 5.22. The van der Waals surface area contributed by atoms with Crippen LogP contribution in [0.2, 0.25) is 0 Å². The molecule has 0 saturated carbocycles. The third kappa shape index (κ3) is 2.76. The van der Waals surface area contributed by atoms with Crippen molar-refractivity contribution in [1.29, 1.82) is 0 Å². The smallest absolute Gasteiger partial charge is 0.167 e. The van der Waals surface area contributed by atoms with E-state index in [1.807, 2.05) is 4.57 Å². The van der Waals surface area contributed by atoms with Crippen molar-refractivity contribution in [3.8, 4) is 0 Å². The Morgan fingerprint density at radius 3 is 2.96 bits per heavy atom. The number of piperidine rings is 1. The SMILES string of the molecule is CN1CC2(CCCN(CC3CCC(n4cnc5c(N)ncnc54)O3)C2)C1. The third-order valence-corrected chi connectivity index (χ3v) is 6.20.